The van der Waals surface area contributed by atoms with Crippen LogP contribution >= 0.6 is 34.2 Å². The maximum absolute atomic E-state index is 11.7. The smallest absolute Gasteiger partial charge is 0.267 e. The minimum absolute atomic E-state index is 0.123. The number of nitrogens with one attached hydrogen (secondary N) is 1. The van der Waals surface area contributed by atoms with Crippen molar-refractivity contribution in [3.63, 3.8) is 0 Å². The van der Waals surface area contributed by atoms with E-state index < -0.39 is 18.7 Å². The normalized spacial score (nSPS) is 11.4. The van der Waals surface area contributed by atoms with Gasteiger partial charge in [0.25, 0.3) is 5.91 Å². The summed E-state index contributed by atoms with van der Waals surface area (Å²) in [5.41, 5.74) is 1.80. The van der Waals surface area contributed by atoms with Crippen molar-refractivity contribution in [3.8, 4) is 0 Å². The first-order valence-corrected chi connectivity index (χ1v) is 5.69. The molecule has 1 amide bonds. The van der Waals surface area contributed by atoms with E-state index in [0.29, 0.717) is 5.02 Å². The number of halogens is 5. The van der Waals surface area contributed by atoms with Gasteiger partial charge in [-0.15, -0.1) is 0 Å². The van der Waals surface area contributed by atoms with Gasteiger partial charge in [0.2, 0.25) is 0 Å². The van der Waals surface area contributed by atoms with Crippen LogP contribution in [0.1, 0.15) is 10.4 Å². The summed E-state index contributed by atoms with van der Waals surface area (Å²) in [7, 11) is 0. The fraction of sp³-hybridized carbons (Fsp3) is 0.222. The van der Waals surface area contributed by atoms with E-state index in [1.165, 1.54) is 12.1 Å². The molecule has 0 spiro atoms. The lowest BCUT2D eigenvalue weighted by molar-refractivity contribution is -0.184. The van der Waals surface area contributed by atoms with E-state index in [-0.39, 0.29) is 5.56 Å². The lowest BCUT2D eigenvalue weighted by atomic mass is 10.2. The van der Waals surface area contributed by atoms with Crippen molar-refractivity contribution in [1.29, 1.82) is 0 Å². The first-order valence-electron chi connectivity index (χ1n) is 4.23. The van der Waals surface area contributed by atoms with E-state index in [0.717, 1.165) is 3.57 Å². The van der Waals surface area contributed by atoms with Gasteiger partial charge in [-0.3, -0.25) is 9.63 Å². The van der Waals surface area contributed by atoms with Crippen LogP contribution in [0.15, 0.2) is 18.2 Å². The first kappa shape index (κ1) is 14.5. The van der Waals surface area contributed by atoms with Gasteiger partial charge >= 0.3 is 6.18 Å². The largest absolute Gasteiger partial charge is 0.414 e. The van der Waals surface area contributed by atoms with Crippen LogP contribution in [-0.4, -0.2) is 18.7 Å². The molecule has 0 fully saturated rings. The van der Waals surface area contributed by atoms with Gasteiger partial charge in [0, 0.05) is 9.13 Å². The molecule has 0 radical (unpaired) electrons. The molecule has 1 aromatic rings. The number of hydrogen-bond donors (Lipinski definition) is 1. The summed E-state index contributed by atoms with van der Waals surface area (Å²) in [5, 5.41) is 0.342. The van der Waals surface area contributed by atoms with Crippen LogP contribution in [0.25, 0.3) is 0 Å². The number of hydrogen-bond acceptors (Lipinski definition) is 2. The topological polar surface area (TPSA) is 38.3 Å². The van der Waals surface area contributed by atoms with Gasteiger partial charge in [-0.1, -0.05) is 11.6 Å². The Bertz CT molecular complexity index is 425. The SMILES string of the molecule is O=C(NOCC(F)(F)F)c1ccc(I)c(Cl)c1. The molecule has 0 aliphatic rings. The monoisotopic (exact) mass is 379 g/mol. The lowest BCUT2D eigenvalue weighted by Crippen LogP contribution is -2.29. The molecule has 94 valence electrons. The molecule has 0 bridgehead atoms. The molecule has 0 saturated heterocycles. The van der Waals surface area contributed by atoms with Gasteiger partial charge in [0.1, 0.15) is 0 Å². The number of carbonyl (C=O) groups is 1. The van der Waals surface area contributed by atoms with Crippen LogP contribution in [0.2, 0.25) is 5.02 Å². The second-order valence-electron chi connectivity index (χ2n) is 2.96. The van der Waals surface area contributed by atoms with Crippen LogP contribution in [0.5, 0.6) is 0 Å². The highest BCUT2D eigenvalue weighted by Gasteiger charge is 2.28. The highest BCUT2D eigenvalue weighted by Crippen LogP contribution is 2.19. The van der Waals surface area contributed by atoms with Gasteiger partial charge < -0.3 is 0 Å². The molecule has 3 nitrogen and oxygen atoms in total. The summed E-state index contributed by atoms with van der Waals surface area (Å²) < 4.78 is 35.9. The molecule has 1 N–H and O–H groups in total. The summed E-state index contributed by atoms with van der Waals surface area (Å²) in [6, 6.07) is 4.34. The second-order valence-corrected chi connectivity index (χ2v) is 4.53. The summed E-state index contributed by atoms with van der Waals surface area (Å²) in [5.74, 6) is -0.785. The first-order chi connectivity index (χ1) is 7.79. The number of benzene rings is 1. The predicted molar refractivity (Wildman–Crippen MR) is 63.6 cm³/mol. The molecule has 1 aromatic carbocycles. The van der Waals surface area contributed by atoms with Crippen molar-refractivity contribution in [2.75, 3.05) is 6.61 Å². The number of carbonyl (C=O) groups excluding carboxylic acids is 1. The molecule has 8 heteroatoms. The molecule has 0 heterocycles. The van der Waals surface area contributed by atoms with Gasteiger partial charge in [-0.05, 0) is 40.8 Å². The Hall–Kier alpha value is -0.540. The molecular formula is C9H6ClF3INO2. The third kappa shape index (κ3) is 5.09. The van der Waals surface area contributed by atoms with Crippen molar-refractivity contribution >= 4 is 40.1 Å². The van der Waals surface area contributed by atoms with Gasteiger partial charge in [-0.25, -0.2) is 5.48 Å². The lowest BCUT2D eigenvalue weighted by Gasteiger charge is -2.08. The molecule has 0 saturated carbocycles. The molecule has 0 unspecified atom stereocenters. The Balaban J connectivity index is 2.56. The zero-order valence-corrected chi connectivity index (χ0v) is 11.1. The molecule has 0 aromatic heterocycles. The van der Waals surface area contributed by atoms with Gasteiger partial charge in [0.05, 0.1) is 5.02 Å². The van der Waals surface area contributed by atoms with Crippen molar-refractivity contribution in [2.45, 2.75) is 6.18 Å². The molecule has 17 heavy (non-hydrogen) atoms. The van der Waals surface area contributed by atoms with E-state index >= 15 is 0 Å². The van der Waals surface area contributed by atoms with Crippen LogP contribution < -0.4 is 5.48 Å². The fourth-order valence-corrected chi connectivity index (χ4v) is 1.40. The summed E-state index contributed by atoms with van der Waals surface area (Å²) >= 11 is 7.72. The van der Waals surface area contributed by atoms with Gasteiger partial charge in [0.15, 0.2) is 6.61 Å². The Morgan fingerprint density at radius 2 is 2.12 bits per heavy atom. The van der Waals surface area contributed by atoms with E-state index in [2.05, 4.69) is 4.84 Å². The van der Waals surface area contributed by atoms with Gasteiger partial charge in [-0.2, -0.15) is 13.2 Å². The highest BCUT2D eigenvalue weighted by atomic mass is 127. The van der Waals surface area contributed by atoms with Crippen LogP contribution in [-0.2, 0) is 4.84 Å². The van der Waals surface area contributed by atoms with E-state index in [4.69, 9.17) is 11.6 Å². The minimum Gasteiger partial charge on any atom is -0.267 e. The van der Waals surface area contributed by atoms with Crippen molar-refractivity contribution in [1.82, 2.24) is 5.48 Å². The Morgan fingerprint density at radius 3 is 2.65 bits per heavy atom. The fourth-order valence-electron chi connectivity index (χ4n) is 0.880. The molecule has 1 rings (SSSR count). The van der Waals surface area contributed by atoms with E-state index in [9.17, 15) is 18.0 Å². The molecule has 0 aliphatic carbocycles. The average Bonchev–Trinajstić information content (AvgIpc) is 2.20. The summed E-state index contributed by atoms with van der Waals surface area (Å²) in [4.78, 5) is 15.3. The number of hydroxylamine groups is 1. The average molecular weight is 380 g/mol. The molecule has 0 atom stereocenters. The Morgan fingerprint density at radius 1 is 1.47 bits per heavy atom. The Kier molecular flexibility index (Phi) is 5.02. The Labute approximate surface area is 113 Å². The van der Waals surface area contributed by atoms with E-state index in [1.807, 2.05) is 22.6 Å². The van der Waals surface area contributed by atoms with Crippen molar-refractivity contribution in [3.05, 3.63) is 32.4 Å². The standard InChI is InChI=1S/C9H6ClF3INO2/c10-6-3-5(1-2-7(6)14)8(16)15-17-4-9(11,12)13/h1-3H,4H2,(H,15,16). The summed E-state index contributed by atoms with van der Waals surface area (Å²) in [6.45, 7) is -1.54. The van der Waals surface area contributed by atoms with Crippen LogP contribution in [0.4, 0.5) is 13.2 Å². The number of amides is 1. The van der Waals surface area contributed by atoms with Crippen LogP contribution in [0.3, 0.4) is 0 Å². The van der Waals surface area contributed by atoms with Crippen LogP contribution in [0, 0.1) is 3.57 Å². The third-order valence-corrected chi connectivity index (χ3v) is 3.15. The summed E-state index contributed by atoms with van der Waals surface area (Å²) in [6.07, 6.45) is -4.49. The maximum atomic E-state index is 11.7. The number of rotatable bonds is 3. The third-order valence-electron chi connectivity index (χ3n) is 1.58. The molecular weight excluding hydrogens is 373 g/mol. The van der Waals surface area contributed by atoms with Crippen molar-refractivity contribution < 1.29 is 22.8 Å². The highest BCUT2D eigenvalue weighted by molar-refractivity contribution is 14.1. The molecule has 0 aliphatic heterocycles. The van der Waals surface area contributed by atoms with E-state index in [1.54, 1.807) is 11.5 Å². The maximum Gasteiger partial charge on any atom is 0.414 e. The zero-order valence-electron chi connectivity index (χ0n) is 8.15. The van der Waals surface area contributed by atoms with Crippen molar-refractivity contribution in [2.24, 2.45) is 0 Å². The second kappa shape index (κ2) is 5.87. The predicted octanol–water partition coefficient (Wildman–Crippen LogP) is 3.17. The number of alkyl halides is 3. The minimum atomic E-state index is -4.49. The quantitative estimate of drug-likeness (QED) is 0.647. The zero-order chi connectivity index (χ0) is 13.1.